The van der Waals surface area contributed by atoms with E-state index in [2.05, 4.69) is 40.5 Å². The Balaban J connectivity index is 3.77. The minimum absolute atomic E-state index is 0.00275. The number of alkyl halides is 1. The van der Waals surface area contributed by atoms with Crippen molar-refractivity contribution in [2.45, 2.75) is 6.42 Å². The zero-order chi connectivity index (χ0) is 9.56. The molecule has 0 heterocycles. The normalized spacial score (nSPS) is 9.17. The number of amides is 1. The molecule has 0 unspecified atom stereocenters. The Bertz CT molecular complexity index is 206. The van der Waals surface area contributed by atoms with Crippen LogP contribution in [0.2, 0.25) is 0 Å². The van der Waals surface area contributed by atoms with Crippen molar-refractivity contribution in [3.05, 3.63) is 12.2 Å². The molecule has 0 bridgehead atoms. The van der Waals surface area contributed by atoms with Gasteiger partial charge in [0.15, 0.2) is 5.12 Å². The van der Waals surface area contributed by atoms with E-state index in [0.29, 0.717) is 11.9 Å². The van der Waals surface area contributed by atoms with Gasteiger partial charge in [0.2, 0.25) is 5.91 Å². The zero-order valence-corrected chi connectivity index (χ0v) is 8.95. The monoisotopic (exact) mass is 251 g/mol. The van der Waals surface area contributed by atoms with Gasteiger partial charge in [0.25, 0.3) is 0 Å². The third-order valence-electron chi connectivity index (χ3n) is 1.07. The Morgan fingerprint density at radius 1 is 1.50 bits per heavy atom. The molecule has 0 aliphatic rings. The van der Waals surface area contributed by atoms with Crippen LogP contribution >= 0.6 is 28.6 Å². The highest BCUT2D eigenvalue weighted by atomic mass is 79.9. The maximum absolute atomic E-state index is 11.0. The number of thiol groups is 1. The topological polar surface area (TPSA) is 46.2 Å². The van der Waals surface area contributed by atoms with Crippen LogP contribution in [0, 0.1) is 0 Å². The van der Waals surface area contributed by atoms with E-state index in [1.54, 1.807) is 0 Å². The molecular formula is C7H10BrNO2S. The average molecular weight is 252 g/mol. The van der Waals surface area contributed by atoms with Gasteiger partial charge in [-0.2, -0.15) is 0 Å². The van der Waals surface area contributed by atoms with Gasteiger partial charge < -0.3 is 5.32 Å². The molecule has 5 heteroatoms. The quantitative estimate of drug-likeness (QED) is 0.434. The predicted octanol–water partition coefficient (Wildman–Crippen LogP) is 0.900. The van der Waals surface area contributed by atoms with E-state index in [1.807, 2.05) is 0 Å². The molecule has 0 spiro atoms. The molecule has 0 aromatic carbocycles. The molecule has 0 aliphatic heterocycles. The summed E-state index contributed by atoms with van der Waals surface area (Å²) in [5, 5.41) is 2.89. The molecule has 3 nitrogen and oxygen atoms in total. The van der Waals surface area contributed by atoms with Gasteiger partial charge in [0.05, 0.1) is 0 Å². The van der Waals surface area contributed by atoms with Gasteiger partial charge in [-0.25, -0.2) is 0 Å². The summed E-state index contributed by atoms with van der Waals surface area (Å²) in [6.07, 6.45) is -0.00275. The first-order valence-corrected chi connectivity index (χ1v) is 4.88. The van der Waals surface area contributed by atoms with Gasteiger partial charge in [-0.1, -0.05) is 22.5 Å². The number of carbonyl (C=O) groups excluding carboxylic acids is 2. The largest absolute Gasteiger partial charge is 0.351 e. The molecule has 0 aromatic heterocycles. The molecule has 1 amide bonds. The number of halogens is 1. The fraction of sp³-hybridized carbons (Fsp3) is 0.429. The van der Waals surface area contributed by atoms with Gasteiger partial charge in [0, 0.05) is 23.9 Å². The van der Waals surface area contributed by atoms with Crippen LogP contribution in [0.3, 0.4) is 0 Å². The lowest BCUT2D eigenvalue weighted by Crippen LogP contribution is -2.26. The standard InChI is InChI=1S/C7H10BrNO2S/c1-5(4-6(10)12)7(11)9-3-2-8/h1-4H2,(H,9,11)(H,10,12). The first-order valence-electron chi connectivity index (χ1n) is 3.31. The molecule has 0 saturated heterocycles. The maximum atomic E-state index is 11.0. The van der Waals surface area contributed by atoms with Crippen molar-refractivity contribution in [1.82, 2.24) is 5.32 Å². The van der Waals surface area contributed by atoms with E-state index in [1.165, 1.54) is 0 Å². The van der Waals surface area contributed by atoms with Crippen molar-refractivity contribution in [2.24, 2.45) is 0 Å². The Labute approximate surface area is 85.1 Å². The molecule has 0 fully saturated rings. The Kier molecular flexibility index (Phi) is 6.10. The summed E-state index contributed by atoms with van der Waals surface area (Å²) in [4.78, 5) is 21.5. The summed E-state index contributed by atoms with van der Waals surface area (Å²) < 4.78 is 0. The Morgan fingerprint density at radius 2 is 2.08 bits per heavy atom. The van der Waals surface area contributed by atoms with Crippen LogP contribution in [0.15, 0.2) is 12.2 Å². The lowest BCUT2D eigenvalue weighted by Gasteiger charge is -2.03. The van der Waals surface area contributed by atoms with Crippen molar-refractivity contribution in [3.8, 4) is 0 Å². The second-order valence-electron chi connectivity index (χ2n) is 2.12. The summed E-state index contributed by atoms with van der Waals surface area (Å²) in [5.74, 6) is -0.295. The number of nitrogens with one attached hydrogen (secondary N) is 1. The van der Waals surface area contributed by atoms with Crippen LogP contribution in [0.25, 0.3) is 0 Å². The van der Waals surface area contributed by atoms with E-state index in [0.717, 1.165) is 0 Å². The Morgan fingerprint density at radius 3 is 2.50 bits per heavy atom. The molecule has 68 valence electrons. The summed E-state index contributed by atoms with van der Waals surface area (Å²) in [6.45, 7) is 3.98. The van der Waals surface area contributed by atoms with Crippen LogP contribution in [-0.2, 0) is 9.59 Å². The number of hydrogen-bond donors (Lipinski definition) is 2. The number of carbonyl (C=O) groups is 2. The predicted molar refractivity (Wildman–Crippen MR) is 54.6 cm³/mol. The lowest BCUT2D eigenvalue weighted by atomic mass is 10.2. The van der Waals surface area contributed by atoms with Gasteiger partial charge in [0.1, 0.15) is 0 Å². The third-order valence-corrected chi connectivity index (χ3v) is 1.62. The second-order valence-corrected chi connectivity index (χ2v) is 3.41. The molecule has 0 saturated carbocycles. The zero-order valence-electron chi connectivity index (χ0n) is 6.47. The summed E-state index contributed by atoms with van der Waals surface area (Å²) >= 11 is 6.69. The van der Waals surface area contributed by atoms with Crippen molar-refractivity contribution in [1.29, 1.82) is 0 Å². The SMILES string of the molecule is C=C(CC(=O)S)C(=O)NCCBr. The first kappa shape index (κ1) is 11.7. The van der Waals surface area contributed by atoms with Crippen LogP contribution in [0.4, 0.5) is 0 Å². The maximum Gasteiger partial charge on any atom is 0.247 e. The second kappa shape index (κ2) is 6.25. The lowest BCUT2D eigenvalue weighted by molar-refractivity contribution is -0.119. The van der Waals surface area contributed by atoms with Crippen LogP contribution in [0.1, 0.15) is 6.42 Å². The number of rotatable bonds is 5. The first-order chi connectivity index (χ1) is 5.57. The van der Waals surface area contributed by atoms with Crippen molar-refractivity contribution in [2.75, 3.05) is 11.9 Å². The highest BCUT2D eigenvalue weighted by molar-refractivity contribution is 9.09. The summed E-state index contributed by atoms with van der Waals surface area (Å²) in [5.41, 5.74) is 0.246. The summed E-state index contributed by atoms with van der Waals surface area (Å²) in [7, 11) is 0. The van der Waals surface area contributed by atoms with Gasteiger partial charge in [-0.05, 0) is 0 Å². The van der Waals surface area contributed by atoms with Crippen molar-refractivity contribution >= 4 is 39.6 Å². The van der Waals surface area contributed by atoms with Gasteiger partial charge in [-0.15, -0.1) is 12.6 Å². The van der Waals surface area contributed by atoms with E-state index in [9.17, 15) is 9.59 Å². The molecule has 0 rings (SSSR count). The Hall–Kier alpha value is -0.290. The van der Waals surface area contributed by atoms with Crippen LogP contribution in [-0.4, -0.2) is 22.9 Å². The molecule has 0 aromatic rings. The van der Waals surface area contributed by atoms with Crippen molar-refractivity contribution in [3.63, 3.8) is 0 Å². The summed E-state index contributed by atoms with van der Waals surface area (Å²) in [6, 6.07) is 0. The third kappa shape index (κ3) is 5.37. The fourth-order valence-corrected chi connectivity index (χ4v) is 0.938. The molecule has 0 atom stereocenters. The van der Waals surface area contributed by atoms with E-state index >= 15 is 0 Å². The fourth-order valence-electron chi connectivity index (χ4n) is 0.549. The average Bonchev–Trinajstić information content (AvgIpc) is 1.98. The minimum atomic E-state index is -0.353. The molecule has 12 heavy (non-hydrogen) atoms. The molecule has 0 aliphatic carbocycles. The van der Waals surface area contributed by atoms with Crippen molar-refractivity contribution < 1.29 is 9.59 Å². The molecule has 1 N–H and O–H groups in total. The van der Waals surface area contributed by atoms with E-state index < -0.39 is 0 Å². The number of hydrogen-bond acceptors (Lipinski definition) is 2. The van der Waals surface area contributed by atoms with Gasteiger partial charge >= 0.3 is 0 Å². The smallest absolute Gasteiger partial charge is 0.247 e. The molecular weight excluding hydrogens is 242 g/mol. The molecule has 0 radical (unpaired) electrons. The highest BCUT2D eigenvalue weighted by Crippen LogP contribution is 2.00. The van der Waals surface area contributed by atoms with E-state index in [-0.39, 0.29) is 23.0 Å². The van der Waals surface area contributed by atoms with Gasteiger partial charge in [-0.3, -0.25) is 9.59 Å². The van der Waals surface area contributed by atoms with E-state index in [4.69, 9.17) is 0 Å². The highest BCUT2D eigenvalue weighted by Gasteiger charge is 2.07. The van der Waals surface area contributed by atoms with Crippen LogP contribution < -0.4 is 5.32 Å². The van der Waals surface area contributed by atoms with Crippen LogP contribution in [0.5, 0.6) is 0 Å². The minimum Gasteiger partial charge on any atom is -0.351 e.